The maximum absolute atomic E-state index is 12.7. The number of hydrogen-bond donors (Lipinski definition) is 0. The lowest BCUT2D eigenvalue weighted by molar-refractivity contribution is -0.128. The first-order chi connectivity index (χ1) is 11.1. The number of nitrogens with zero attached hydrogens (tertiary/aromatic N) is 3. The molecular weight excluding hydrogens is 358 g/mol. The lowest BCUT2D eigenvalue weighted by Gasteiger charge is -2.21. The van der Waals surface area contributed by atoms with Crippen LogP contribution in [-0.2, 0) is 11.3 Å². The summed E-state index contributed by atoms with van der Waals surface area (Å²) in [5.41, 5.74) is 0.938. The van der Waals surface area contributed by atoms with Gasteiger partial charge in [0.2, 0.25) is 0 Å². The van der Waals surface area contributed by atoms with E-state index in [4.69, 9.17) is 0 Å². The second-order valence-electron chi connectivity index (χ2n) is 5.90. The summed E-state index contributed by atoms with van der Waals surface area (Å²) in [6.45, 7) is 5.11. The van der Waals surface area contributed by atoms with Crippen molar-refractivity contribution in [2.24, 2.45) is 0 Å². The summed E-state index contributed by atoms with van der Waals surface area (Å²) in [7, 11) is 0. The number of urea groups is 1. The molecule has 1 atom stereocenters. The van der Waals surface area contributed by atoms with E-state index in [1.807, 2.05) is 12.1 Å². The first-order valence-electron chi connectivity index (χ1n) is 8.30. The molecule has 1 fully saturated rings. The van der Waals surface area contributed by atoms with Crippen LogP contribution >= 0.6 is 15.9 Å². The number of aromatic nitrogens is 1. The lowest BCUT2D eigenvalue weighted by Crippen LogP contribution is -2.34. The molecule has 0 aliphatic carbocycles. The van der Waals surface area contributed by atoms with Gasteiger partial charge >= 0.3 is 6.03 Å². The van der Waals surface area contributed by atoms with E-state index in [1.165, 1.54) is 4.90 Å². The SMILES string of the molecule is CCCCC1C(=O)N(CCCC)C(=O)N1Cc1ccc(Br)nc1. The van der Waals surface area contributed by atoms with E-state index in [9.17, 15) is 9.59 Å². The number of carbonyl (C=O) groups is 2. The molecule has 3 amide bonds. The fourth-order valence-electron chi connectivity index (χ4n) is 2.77. The molecule has 126 valence electrons. The predicted octanol–water partition coefficient (Wildman–Crippen LogP) is 3.97. The Morgan fingerprint density at radius 1 is 1.17 bits per heavy atom. The first-order valence-corrected chi connectivity index (χ1v) is 9.10. The largest absolute Gasteiger partial charge is 0.327 e. The summed E-state index contributed by atoms with van der Waals surface area (Å²) in [5, 5.41) is 0. The quantitative estimate of drug-likeness (QED) is 0.505. The van der Waals surface area contributed by atoms with Gasteiger partial charge < -0.3 is 4.90 Å². The Hall–Kier alpha value is -1.43. The highest BCUT2D eigenvalue weighted by Gasteiger charge is 2.43. The minimum atomic E-state index is -0.331. The number of unbranched alkanes of at least 4 members (excludes halogenated alkanes) is 2. The van der Waals surface area contributed by atoms with Gasteiger partial charge in [-0.3, -0.25) is 9.69 Å². The monoisotopic (exact) mass is 381 g/mol. The molecule has 6 heteroatoms. The van der Waals surface area contributed by atoms with Crippen molar-refractivity contribution in [1.29, 1.82) is 0 Å². The van der Waals surface area contributed by atoms with E-state index in [2.05, 4.69) is 34.8 Å². The Kier molecular flexibility index (Phi) is 6.57. The Labute approximate surface area is 146 Å². The van der Waals surface area contributed by atoms with Crippen LogP contribution in [0.3, 0.4) is 0 Å². The van der Waals surface area contributed by atoms with Gasteiger partial charge in [0.15, 0.2) is 0 Å². The molecule has 2 heterocycles. The van der Waals surface area contributed by atoms with Crippen LogP contribution in [-0.4, -0.2) is 39.3 Å². The van der Waals surface area contributed by atoms with E-state index in [0.29, 0.717) is 13.1 Å². The Morgan fingerprint density at radius 2 is 1.91 bits per heavy atom. The topological polar surface area (TPSA) is 53.5 Å². The highest BCUT2D eigenvalue weighted by molar-refractivity contribution is 9.10. The summed E-state index contributed by atoms with van der Waals surface area (Å²) in [5.74, 6) is -0.0398. The van der Waals surface area contributed by atoms with Crippen molar-refractivity contribution in [1.82, 2.24) is 14.8 Å². The van der Waals surface area contributed by atoms with Crippen molar-refractivity contribution in [3.8, 4) is 0 Å². The molecule has 1 saturated heterocycles. The molecule has 0 spiro atoms. The maximum Gasteiger partial charge on any atom is 0.327 e. The summed E-state index contributed by atoms with van der Waals surface area (Å²) < 4.78 is 0.761. The second kappa shape index (κ2) is 8.43. The average molecular weight is 382 g/mol. The van der Waals surface area contributed by atoms with Crippen LogP contribution in [0.4, 0.5) is 4.79 Å². The highest BCUT2D eigenvalue weighted by Crippen LogP contribution is 2.25. The molecule has 1 aromatic rings. The van der Waals surface area contributed by atoms with Gasteiger partial charge in [0, 0.05) is 19.3 Å². The zero-order valence-corrected chi connectivity index (χ0v) is 15.4. The number of pyridine rings is 1. The molecule has 5 nitrogen and oxygen atoms in total. The van der Waals surface area contributed by atoms with Crippen molar-refractivity contribution in [3.63, 3.8) is 0 Å². The third-order valence-corrected chi connectivity index (χ3v) is 4.58. The molecule has 2 rings (SSSR count). The third-order valence-electron chi connectivity index (χ3n) is 4.11. The third kappa shape index (κ3) is 4.31. The zero-order valence-electron chi connectivity index (χ0n) is 13.8. The molecule has 0 aromatic carbocycles. The van der Waals surface area contributed by atoms with Crippen LogP contribution in [0.5, 0.6) is 0 Å². The van der Waals surface area contributed by atoms with E-state index in [-0.39, 0.29) is 18.0 Å². The molecule has 1 aliphatic rings. The highest BCUT2D eigenvalue weighted by atomic mass is 79.9. The smallest absolute Gasteiger partial charge is 0.308 e. The van der Waals surface area contributed by atoms with Crippen molar-refractivity contribution in [2.75, 3.05) is 6.54 Å². The predicted molar refractivity (Wildman–Crippen MR) is 92.8 cm³/mol. The van der Waals surface area contributed by atoms with Gasteiger partial charge in [-0.1, -0.05) is 39.2 Å². The van der Waals surface area contributed by atoms with Crippen LogP contribution in [0.2, 0.25) is 0 Å². The fourth-order valence-corrected chi connectivity index (χ4v) is 3.00. The number of hydrogen-bond acceptors (Lipinski definition) is 3. The number of halogens is 1. The minimum Gasteiger partial charge on any atom is -0.308 e. The number of imide groups is 1. The van der Waals surface area contributed by atoms with Crippen LogP contribution in [0, 0.1) is 0 Å². The minimum absolute atomic E-state index is 0.0398. The van der Waals surface area contributed by atoms with E-state index >= 15 is 0 Å². The van der Waals surface area contributed by atoms with Crippen molar-refractivity contribution in [2.45, 2.75) is 58.5 Å². The Morgan fingerprint density at radius 3 is 2.52 bits per heavy atom. The maximum atomic E-state index is 12.7. The summed E-state index contributed by atoms with van der Waals surface area (Å²) in [6, 6.07) is 3.30. The molecule has 0 N–H and O–H groups in total. The molecule has 1 aliphatic heterocycles. The van der Waals surface area contributed by atoms with Crippen LogP contribution < -0.4 is 0 Å². The molecule has 1 aromatic heterocycles. The standard InChI is InChI=1S/C17H24BrN3O2/c1-3-5-7-14-16(22)20(10-6-4-2)17(23)21(14)12-13-8-9-15(18)19-11-13/h8-9,11,14H,3-7,10,12H2,1-2H3. The van der Waals surface area contributed by atoms with E-state index in [1.54, 1.807) is 11.1 Å². The van der Waals surface area contributed by atoms with Gasteiger partial charge in [0.1, 0.15) is 10.6 Å². The normalized spacial score (nSPS) is 18.1. The van der Waals surface area contributed by atoms with Crippen LogP contribution in [0.1, 0.15) is 51.5 Å². The van der Waals surface area contributed by atoms with Crippen LogP contribution in [0.25, 0.3) is 0 Å². The summed E-state index contributed by atoms with van der Waals surface area (Å²) in [6.07, 6.45) is 6.25. The molecule has 1 unspecified atom stereocenters. The molecule has 23 heavy (non-hydrogen) atoms. The van der Waals surface area contributed by atoms with Crippen molar-refractivity contribution >= 4 is 27.9 Å². The van der Waals surface area contributed by atoms with Gasteiger partial charge in [0.05, 0.1) is 0 Å². The Bertz CT molecular complexity index is 547. The lowest BCUT2D eigenvalue weighted by atomic mass is 10.1. The zero-order chi connectivity index (χ0) is 16.8. The van der Waals surface area contributed by atoms with Gasteiger partial charge in [-0.15, -0.1) is 0 Å². The number of carbonyl (C=O) groups excluding carboxylic acids is 2. The molecule has 0 bridgehead atoms. The summed E-state index contributed by atoms with van der Waals surface area (Å²) in [4.78, 5) is 32.6. The molecule has 0 saturated carbocycles. The van der Waals surface area contributed by atoms with E-state index in [0.717, 1.165) is 42.3 Å². The first kappa shape index (κ1) is 17.9. The molecule has 0 radical (unpaired) electrons. The van der Waals surface area contributed by atoms with Gasteiger partial charge in [-0.05, 0) is 40.4 Å². The average Bonchev–Trinajstić information content (AvgIpc) is 2.76. The van der Waals surface area contributed by atoms with E-state index < -0.39 is 0 Å². The van der Waals surface area contributed by atoms with Crippen molar-refractivity contribution < 1.29 is 9.59 Å². The number of rotatable bonds is 8. The Balaban J connectivity index is 2.16. The second-order valence-corrected chi connectivity index (χ2v) is 6.71. The number of amides is 3. The molecular formula is C17H24BrN3O2. The van der Waals surface area contributed by atoms with Gasteiger partial charge in [-0.2, -0.15) is 0 Å². The fraction of sp³-hybridized carbons (Fsp3) is 0.588. The van der Waals surface area contributed by atoms with Crippen LogP contribution in [0.15, 0.2) is 22.9 Å². The van der Waals surface area contributed by atoms with Gasteiger partial charge in [0.25, 0.3) is 5.91 Å². The van der Waals surface area contributed by atoms with Crippen molar-refractivity contribution in [3.05, 3.63) is 28.5 Å². The summed E-state index contributed by atoms with van der Waals surface area (Å²) >= 11 is 3.31. The van der Waals surface area contributed by atoms with Gasteiger partial charge in [-0.25, -0.2) is 9.78 Å².